The lowest BCUT2D eigenvalue weighted by atomic mass is 10.1. The summed E-state index contributed by atoms with van der Waals surface area (Å²) in [5.74, 6) is 0.755. The average molecular weight is 295 g/mol. The van der Waals surface area contributed by atoms with Gasteiger partial charge in [-0.25, -0.2) is 0 Å². The van der Waals surface area contributed by atoms with E-state index >= 15 is 0 Å². The third-order valence-corrected chi connectivity index (χ3v) is 3.30. The first-order chi connectivity index (χ1) is 5.74. The second kappa shape index (κ2) is 5.07. The van der Waals surface area contributed by atoms with Gasteiger partial charge in [0.15, 0.2) is 0 Å². The monoisotopic (exact) mass is 294 g/mol. The van der Waals surface area contributed by atoms with Crippen LogP contribution >= 0.6 is 34.2 Å². The topological polar surface area (TPSA) is 0 Å². The SMILES string of the molecule is Cc1cc(CCCCl)ccc1I. The first-order valence-electron chi connectivity index (χ1n) is 4.05. The molecule has 66 valence electrons. The largest absolute Gasteiger partial charge is 0.127 e. The summed E-state index contributed by atoms with van der Waals surface area (Å²) in [5, 5.41) is 0. The van der Waals surface area contributed by atoms with Crippen LogP contribution in [0.25, 0.3) is 0 Å². The molecule has 0 nitrogen and oxygen atoms in total. The second-order valence-electron chi connectivity index (χ2n) is 2.88. The van der Waals surface area contributed by atoms with Gasteiger partial charge in [0.05, 0.1) is 0 Å². The van der Waals surface area contributed by atoms with Gasteiger partial charge in [0, 0.05) is 9.45 Å². The summed E-state index contributed by atoms with van der Waals surface area (Å²) in [6.45, 7) is 2.14. The van der Waals surface area contributed by atoms with E-state index in [4.69, 9.17) is 11.6 Å². The van der Waals surface area contributed by atoms with Crippen LogP contribution in [0.1, 0.15) is 17.5 Å². The predicted molar refractivity (Wildman–Crippen MR) is 62.9 cm³/mol. The van der Waals surface area contributed by atoms with Crippen LogP contribution in [0.15, 0.2) is 18.2 Å². The van der Waals surface area contributed by atoms with Crippen molar-refractivity contribution in [2.45, 2.75) is 19.8 Å². The smallest absolute Gasteiger partial charge is 0.0226 e. The zero-order chi connectivity index (χ0) is 8.97. The Kier molecular flexibility index (Phi) is 4.36. The van der Waals surface area contributed by atoms with Gasteiger partial charge in [-0.2, -0.15) is 0 Å². The van der Waals surface area contributed by atoms with E-state index in [1.807, 2.05) is 0 Å². The summed E-state index contributed by atoms with van der Waals surface area (Å²) in [6, 6.07) is 6.59. The van der Waals surface area contributed by atoms with Crippen LogP contribution in [0.4, 0.5) is 0 Å². The molecule has 0 spiro atoms. The van der Waals surface area contributed by atoms with E-state index in [0.717, 1.165) is 18.7 Å². The summed E-state index contributed by atoms with van der Waals surface area (Å²) in [6.07, 6.45) is 2.17. The lowest BCUT2D eigenvalue weighted by Crippen LogP contribution is -1.88. The molecule has 0 atom stereocenters. The van der Waals surface area contributed by atoms with Gasteiger partial charge in [-0.15, -0.1) is 11.6 Å². The molecular weight excluding hydrogens is 282 g/mol. The molecule has 2 heteroatoms. The quantitative estimate of drug-likeness (QED) is 0.588. The fourth-order valence-corrected chi connectivity index (χ4v) is 1.60. The van der Waals surface area contributed by atoms with E-state index in [1.54, 1.807) is 0 Å². The predicted octanol–water partition coefficient (Wildman–Crippen LogP) is 3.77. The van der Waals surface area contributed by atoms with Gasteiger partial charge in [-0.05, 0) is 59.5 Å². The molecule has 1 rings (SSSR count). The van der Waals surface area contributed by atoms with Gasteiger partial charge < -0.3 is 0 Å². The number of alkyl halides is 1. The summed E-state index contributed by atoms with van der Waals surface area (Å²) in [5.41, 5.74) is 2.76. The van der Waals surface area contributed by atoms with Crippen molar-refractivity contribution in [2.75, 3.05) is 5.88 Å². The van der Waals surface area contributed by atoms with Crippen molar-refractivity contribution < 1.29 is 0 Å². The van der Waals surface area contributed by atoms with Crippen molar-refractivity contribution in [3.8, 4) is 0 Å². The molecule has 0 unspecified atom stereocenters. The van der Waals surface area contributed by atoms with Gasteiger partial charge in [0.1, 0.15) is 0 Å². The summed E-state index contributed by atoms with van der Waals surface area (Å²) in [7, 11) is 0. The minimum Gasteiger partial charge on any atom is -0.127 e. The number of hydrogen-bond donors (Lipinski definition) is 0. The van der Waals surface area contributed by atoms with Crippen LogP contribution in [0.3, 0.4) is 0 Å². The Bertz CT molecular complexity index is 258. The van der Waals surface area contributed by atoms with E-state index in [9.17, 15) is 0 Å². The molecule has 0 bridgehead atoms. The molecule has 0 aromatic heterocycles. The Balaban J connectivity index is 2.69. The minimum atomic E-state index is 0.755. The van der Waals surface area contributed by atoms with Crippen molar-refractivity contribution in [3.63, 3.8) is 0 Å². The fraction of sp³-hybridized carbons (Fsp3) is 0.400. The lowest BCUT2D eigenvalue weighted by molar-refractivity contribution is 0.926. The maximum atomic E-state index is 5.62. The summed E-state index contributed by atoms with van der Waals surface area (Å²) >= 11 is 7.97. The number of rotatable bonds is 3. The molecule has 0 aliphatic carbocycles. The van der Waals surface area contributed by atoms with Gasteiger partial charge in [0.25, 0.3) is 0 Å². The molecule has 0 saturated carbocycles. The van der Waals surface area contributed by atoms with Crippen molar-refractivity contribution >= 4 is 34.2 Å². The van der Waals surface area contributed by atoms with E-state index in [-0.39, 0.29) is 0 Å². The number of benzene rings is 1. The van der Waals surface area contributed by atoms with E-state index < -0.39 is 0 Å². The summed E-state index contributed by atoms with van der Waals surface area (Å²) < 4.78 is 1.34. The highest BCUT2D eigenvalue weighted by atomic mass is 127. The van der Waals surface area contributed by atoms with Crippen LogP contribution in [-0.4, -0.2) is 5.88 Å². The number of aryl methyl sites for hydroxylation is 2. The Morgan fingerprint density at radius 3 is 2.75 bits per heavy atom. The Hall–Kier alpha value is 0.240. The molecule has 0 amide bonds. The van der Waals surface area contributed by atoms with E-state index in [2.05, 4.69) is 47.7 Å². The van der Waals surface area contributed by atoms with Crippen LogP contribution in [0.5, 0.6) is 0 Å². The van der Waals surface area contributed by atoms with Gasteiger partial charge in [-0.1, -0.05) is 12.1 Å². The Morgan fingerprint density at radius 2 is 2.17 bits per heavy atom. The Labute approximate surface area is 92.5 Å². The van der Waals surface area contributed by atoms with Crippen LogP contribution in [-0.2, 0) is 6.42 Å². The normalized spacial score (nSPS) is 10.2. The van der Waals surface area contributed by atoms with Gasteiger partial charge >= 0.3 is 0 Å². The highest BCUT2D eigenvalue weighted by Gasteiger charge is 1.96. The minimum absolute atomic E-state index is 0.755. The molecule has 0 aliphatic heterocycles. The van der Waals surface area contributed by atoms with Gasteiger partial charge in [-0.3, -0.25) is 0 Å². The molecule has 0 radical (unpaired) electrons. The van der Waals surface area contributed by atoms with Crippen molar-refractivity contribution in [2.24, 2.45) is 0 Å². The third-order valence-electron chi connectivity index (χ3n) is 1.82. The second-order valence-corrected chi connectivity index (χ2v) is 4.42. The van der Waals surface area contributed by atoms with E-state index in [1.165, 1.54) is 14.7 Å². The molecule has 0 N–H and O–H groups in total. The van der Waals surface area contributed by atoms with Crippen molar-refractivity contribution in [3.05, 3.63) is 32.9 Å². The molecule has 0 fully saturated rings. The highest BCUT2D eigenvalue weighted by Crippen LogP contribution is 2.14. The molecule has 12 heavy (non-hydrogen) atoms. The first kappa shape index (κ1) is 10.3. The maximum Gasteiger partial charge on any atom is 0.0226 e. The molecule has 0 heterocycles. The fourth-order valence-electron chi connectivity index (χ4n) is 1.13. The third kappa shape index (κ3) is 2.94. The molecule has 1 aromatic carbocycles. The first-order valence-corrected chi connectivity index (χ1v) is 5.66. The molecule has 0 saturated heterocycles. The zero-order valence-corrected chi connectivity index (χ0v) is 10.0. The summed E-state index contributed by atoms with van der Waals surface area (Å²) in [4.78, 5) is 0. The van der Waals surface area contributed by atoms with Crippen LogP contribution < -0.4 is 0 Å². The maximum absolute atomic E-state index is 5.62. The standard InChI is InChI=1S/C10H12ClI/c1-8-7-9(3-2-6-11)4-5-10(8)12/h4-5,7H,2-3,6H2,1H3. The number of hydrogen-bond acceptors (Lipinski definition) is 0. The van der Waals surface area contributed by atoms with E-state index in [0.29, 0.717) is 0 Å². The van der Waals surface area contributed by atoms with Crippen LogP contribution in [0.2, 0.25) is 0 Å². The Morgan fingerprint density at radius 1 is 1.42 bits per heavy atom. The van der Waals surface area contributed by atoms with Crippen molar-refractivity contribution in [1.29, 1.82) is 0 Å². The average Bonchev–Trinajstić information content (AvgIpc) is 2.07. The van der Waals surface area contributed by atoms with Gasteiger partial charge in [0.2, 0.25) is 0 Å². The van der Waals surface area contributed by atoms with Crippen molar-refractivity contribution in [1.82, 2.24) is 0 Å². The molecule has 1 aromatic rings. The number of halogens is 2. The van der Waals surface area contributed by atoms with Crippen LogP contribution in [0, 0.1) is 10.5 Å². The zero-order valence-electron chi connectivity index (χ0n) is 7.11. The molecular formula is C10H12ClI. The highest BCUT2D eigenvalue weighted by molar-refractivity contribution is 14.1. The molecule has 0 aliphatic rings. The lowest BCUT2D eigenvalue weighted by Gasteiger charge is -2.02.